The summed E-state index contributed by atoms with van der Waals surface area (Å²) in [5, 5.41) is 8.03. The molecule has 1 aromatic carbocycles. The first-order chi connectivity index (χ1) is 10.5. The van der Waals surface area contributed by atoms with Gasteiger partial charge in [0.1, 0.15) is 0 Å². The number of aliphatic imine (C=N–C) groups is 1. The summed E-state index contributed by atoms with van der Waals surface area (Å²) < 4.78 is 0. The van der Waals surface area contributed by atoms with Crippen LogP contribution >= 0.6 is 0 Å². The lowest BCUT2D eigenvalue weighted by molar-refractivity contribution is 0.501. The molecule has 0 spiro atoms. The maximum absolute atomic E-state index is 4.66. The van der Waals surface area contributed by atoms with Gasteiger partial charge < -0.3 is 15.6 Å². The SMILES string of the molecule is CCNC(=NCCCc1c[nH]c2ccccc12)NC(C)(C)C. The molecule has 1 aromatic heterocycles. The van der Waals surface area contributed by atoms with Crippen LogP contribution in [0.5, 0.6) is 0 Å². The molecule has 2 rings (SSSR count). The van der Waals surface area contributed by atoms with Crippen molar-refractivity contribution in [3.63, 3.8) is 0 Å². The molecule has 4 heteroatoms. The summed E-state index contributed by atoms with van der Waals surface area (Å²) in [6.45, 7) is 10.2. The highest BCUT2D eigenvalue weighted by Crippen LogP contribution is 2.18. The molecule has 0 aliphatic carbocycles. The number of fused-ring (bicyclic) bond motifs is 1. The van der Waals surface area contributed by atoms with Crippen molar-refractivity contribution >= 4 is 16.9 Å². The second-order valence-electron chi connectivity index (χ2n) is 6.60. The van der Waals surface area contributed by atoms with Crippen molar-refractivity contribution in [1.82, 2.24) is 15.6 Å². The van der Waals surface area contributed by atoms with E-state index in [1.54, 1.807) is 0 Å². The molecule has 0 bridgehead atoms. The van der Waals surface area contributed by atoms with E-state index in [9.17, 15) is 0 Å². The fourth-order valence-electron chi connectivity index (χ4n) is 2.46. The third kappa shape index (κ3) is 4.79. The number of benzene rings is 1. The highest BCUT2D eigenvalue weighted by Gasteiger charge is 2.11. The number of aromatic nitrogens is 1. The van der Waals surface area contributed by atoms with Gasteiger partial charge in [-0.15, -0.1) is 0 Å². The molecular weight excluding hydrogens is 272 g/mol. The van der Waals surface area contributed by atoms with Gasteiger partial charge in [-0.1, -0.05) is 18.2 Å². The van der Waals surface area contributed by atoms with E-state index in [0.717, 1.165) is 31.9 Å². The van der Waals surface area contributed by atoms with Crippen molar-refractivity contribution in [2.75, 3.05) is 13.1 Å². The quantitative estimate of drug-likeness (QED) is 0.450. The molecular formula is C18H28N4. The van der Waals surface area contributed by atoms with Gasteiger partial charge in [-0.2, -0.15) is 0 Å². The second kappa shape index (κ2) is 7.34. The van der Waals surface area contributed by atoms with E-state index >= 15 is 0 Å². The Kier molecular flexibility index (Phi) is 5.47. The molecule has 2 aromatic rings. The van der Waals surface area contributed by atoms with Crippen LogP contribution in [0, 0.1) is 0 Å². The van der Waals surface area contributed by atoms with E-state index in [1.807, 2.05) is 0 Å². The van der Waals surface area contributed by atoms with E-state index in [0.29, 0.717) is 0 Å². The second-order valence-corrected chi connectivity index (χ2v) is 6.60. The molecule has 0 atom stereocenters. The summed E-state index contributed by atoms with van der Waals surface area (Å²) in [5.41, 5.74) is 2.61. The molecule has 0 unspecified atom stereocenters. The lowest BCUT2D eigenvalue weighted by Crippen LogP contribution is -2.47. The first kappa shape index (κ1) is 16.4. The maximum Gasteiger partial charge on any atom is 0.191 e. The normalized spacial score (nSPS) is 12.6. The fraction of sp³-hybridized carbons (Fsp3) is 0.500. The number of nitrogens with zero attached hydrogens (tertiary/aromatic N) is 1. The fourth-order valence-corrected chi connectivity index (χ4v) is 2.46. The monoisotopic (exact) mass is 300 g/mol. The first-order valence-electron chi connectivity index (χ1n) is 8.11. The van der Waals surface area contributed by atoms with Crippen molar-refractivity contribution in [1.29, 1.82) is 0 Å². The van der Waals surface area contributed by atoms with E-state index in [2.05, 4.69) is 78.8 Å². The largest absolute Gasteiger partial charge is 0.361 e. The Morgan fingerprint density at radius 1 is 1.23 bits per heavy atom. The Balaban J connectivity index is 1.90. The van der Waals surface area contributed by atoms with Gasteiger partial charge in [0.2, 0.25) is 0 Å². The van der Waals surface area contributed by atoms with Crippen LogP contribution < -0.4 is 10.6 Å². The van der Waals surface area contributed by atoms with E-state index in [4.69, 9.17) is 0 Å². The smallest absolute Gasteiger partial charge is 0.191 e. The molecule has 0 radical (unpaired) electrons. The molecule has 4 nitrogen and oxygen atoms in total. The van der Waals surface area contributed by atoms with Gasteiger partial charge in [0, 0.05) is 35.7 Å². The number of guanidine groups is 1. The predicted octanol–water partition coefficient (Wildman–Crippen LogP) is 3.45. The number of hydrogen-bond donors (Lipinski definition) is 3. The van der Waals surface area contributed by atoms with Gasteiger partial charge in [-0.25, -0.2) is 0 Å². The van der Waals surface area contributed by atoms with E-state index in [1.165, 1.54) is 16.5 Å². The topological polar surface area (TPSA) is 52.2 Å². The third-order valence-electron chi connectivity index (χ3n) is 3.39. The number of nitrogens with one attached hydrogen (secondary N) is 3. The number of aromatic amines is 1. The van der Waals surface area contributed by atoms with Crippen molar-refractivity contribution < 1.29 is 0 Å². The van der Waals surface area contributed by atoms with E-state index < -0.39 is 0 Å². The van der Waals surface area contributed by atoms with Crippen LogP contribution in [-0.4, -0.2) is 29.6 Å². The molecule has 0 saturated heterocycles. The standard InChI is InChI=1S/C18H28N4/c1-5-19-17(22-18(2,3)4)20-12-8-9-14-13-21-16-11-7-6-10-15(14)16/h6-7,10-11,13,21H,5,8-9,12H2,1-4H3,(H2,19,20,22). The molecule has 0 amide bonds. The Morgan fingerprint density at radius 3 is 2.73 bits per heavy atom. The minimum atomic E-state index is 0.0256. The van der Waals surface area contributed by atoms with Gasteiger partial charge in [-0.05, 0) is 52.2 Å². The molecule has 0 aliphatic rings. The molecule has 0 aliphatic heterocycles. The van der Waals surface area contributed by atoms with Crippen molar-refractivity contribution in [3.05, 3.63) is 36.0 Å². The Labute approximate surface area is 133 Å². The van der Waals surface area contributed by atoms with Crippen LogP contribution in [0.1, 0.15) is 39.7 Å². The summed E-state index contributed by atoms with van der Waals surface area (Å²) in [6, 6.07) is 8.45. The molecule has 0 saturated carbocycles. The molecule has 1 heterocycles. The van der Waals surface area contributed by atoms with Crippen LogP contribution in [0.3, 0.4) is 0 Å². The third-order valence-corrected chi connectivity index (χ3v) is 3.39. The van der Waals surface area contributed by atoms with Gasteiger partial charge >= 0.3 is 0 Å². The Hall–Kier alpha value is -1.97. The van der Waals surface area contributed by atoms with Crippen LogP contribution in [0.15, 0.2) is 35.5 Å². The van der Waals surface area contributed by atoms with E-state index in [-0.39, 0.29) is 5.54 Å². The number of H-pyrrole nitrogens is 1. The Bertz CT molecular complexity index is 619. The van der Waals surface area contributed by atoms with Gasteiger partial charge in [0.05, 0.1) is 0 Å². The first-order valence-corrected chi connectivity index (χ1v) is 8.11. The lowest BCUT2D eigenvalue weighted by Gasteiger charge is -2.23. The number of hydrogen-bond acceptors (Lipinski definition) is 1. The number of rotatable bonds is 5. The highest BCUT2D eigenvalue weighted by molar-refractivity contribution is 5.83. The van der Waals surface area contributed by atoms with Crippen LogP contribution in [0.2, 0.25) is 0 Å². The summed E-state index contributed by atoms with van der Waals surface area (Å²) in [5.74, 6) is 0.897. The van der Waals surface area contributed by atoms with Crippen LogP contribution in [0.25, 0.3) is 10.9 Å². The van der Waals surface area contributed by atoms with Crippen molar-refractivity contribution in [3.8, 4) is 0 Å². The zero-order valence-electron chi connectivity index (χ0n) is 14.2. The minimum absolute atomic E-state index is 0.0256. The molecule has 120 valence electrons. The molecule has 3 N–H and O–H groups in total. The van der Waals surface area contributed by atoms with Crippen LogP contribution in [-0.2, 0) is 6.42 Å². The van der Waals surface area contributed by atoms with Crippen LogP contribution in [0.4, 0.5) is 0 Å². The Morgan fingerprint density at radius 2 is 2.00 bits per heavy atom. The molecule has 22 heavy (non-hydrogen) atoms. The minimum Gasteiger partial charge on any atom is -0.361 e. The summed E-state index contributed by atoms with van der Waals surface area (Å²) >= 11 is 0. The zero-order valence-corrected chi connectivity index (χ0v) is 14.2. The summed E-state index contributed by atoms with van der Waals surface area (Å²) in [4.78, 5) is 7.99. The average Bonchev–Trinajstić information content (AvgIpc) is 2.85. The lowest BCUT2D eigenvalue weighted by atomic mass is 10.1. The van der Waals surface area contributed by atoms with Gasteiger partial charge in [0.15, 0.2) is 5.96 Å². The number of aryl methyl sites for hydroxylation is 1. The van der Waals surface area contributed by atoms with Crippen molar-refractivity contribution in [2.45, 2.75) is 46.1 Å². The highest BCUT2D eigenvalue weighted by atomic mass is 15.2. The number of para-hydroxylation sites is 1. The zero-order chi connectivity index (χ0) is 16.0. The average molecular weight is 300 g/mol. The van der Waals surface area contributed by atoms with Crippen molar-refractivity contribution in [2.24, 2.45) is 4.99 Å². The van der Waals surface area contributed by atoms with Gasteiger partial charge in [0.25, 0.3) is 0 Å². The summed E-state index contributed by atoms with van der Waals surface area (Å²) in [7, 11) is 0. The predicted molar refractivity (Wildman–Crippen MR) is 95.5 cm³/mol. The maximum atomic E-state index is 4.66. The molecule has 0 fully saturated rings. The van der Waals surface area contributed by atoms with Gasteiger partial charge in [-0.3, -0.25) is 4.99 Å². The summed E-state index contributed by atoms with van der Waals surface area (Å²) in [6.07, 6.45) is 4.21.